The second-order valence-corrected chi connectivity index (χ2v) is 5.81. The third kappa shape index (κ3) is 3.69. The molecule has 0 spiro atoms. The molecule has 0 aromatic rings. The van der Waals surface area contributed by atoms with E-state index in [9.17, 15) is 9.59 Å². The minimum atomic E-state index is -0.341. The zero-order valence-electron chi connectivity index (χ0n) is 11.8. The lowest BCUT2D eigenvalue weighted by Crippen LogP contribution is -2.35. The Morgan fingerprint density at radius 3 is 2.58 bits per heavy atom. The Hall–Kier alpha value is -1.10. The van der Waals surface area contributed by atoms with Crippen molar-refractivity contribution < 1.29 is 9.59 Å². The molecule has 0 aromatic carbocycles. The van der Waals surface area contributed by atoms with Crippen molar-refractivity contribution in [3.05, 3.63) is 0 Å². The molecule has 0 bridgehead atoms. The highest BCUT2D eigenvalue weighted by molar-refractivity contribution is 5.88. The highest BCUT2D eigenvalue weighted by Gasteiger charge is 2.33. The number of rotatable bonds is 5. The van der Waals surface area contributed by atoms with Crippen LogP contribution in [0, 0.1) is 11.8 Å². The Labute approximate surface area is 115 Å². The van der Waals surface area contributed by atoms with Crippen LogP contribution in [0.25, 0.3) is 0 Å². The van der Waals surface area contributed by atoms with Crippen LogP contribution in [0.5, 0.6) is 0 Å². The average molecular weight is 267 g/mol. The van der Waals surface area contributed by atoms with Crippen LogP contribution in [0.15, 0.2) is 0 Å². The summed E-state index contributed by atoms with van der Waals surface area (Å²) in [5.41, 5.74) is 5.27. The SMILES string of the molecule is CCN1CCC(CCN2CC(C(N)=O)CC2=O)CC1. The molecule has 108 valence electrons. The summed E-state index contributed by atoms with van der Waals surface area (Å²) in [7, 11) is 0. The number of nitrogens with zero attached hydrogens (tertiary/aromatic N) is 2. The van der Waals surface area contributed by atoms with Crippen LogP contribution in [0.1, 0.15) is 32.6 Å². The van der Waals surface area contributed by atoms with E-state index in [0.717, 1.165) is 25.4 Å². The smallest absolute Gasteiger partial charge is 0.223 e. The molecule has 1 unspecified atom stereocenters. The van der Waals surface area contributed by atoms with Gasteiger partial charge in [0.25, 0.3) is 0 Å². The molecule has 2 amide bonds. The maximum Gasteiger partial charge on any atom is 0.223 e. The highest BCUT2D eigenvalue weighted by Crippen LogP contribution is 2.23. The fourth-order valence-corrected chi connectivity index (χ4v) is 3.11. The summed E-state index contributed by atoms with van der Waals surface area (Å²) in [4.78, 5) is 27.2. The fraction of sp³-hybridized carbons (Fsp3) is 0.857. The number of hydrogen-bond donors (Lipinski definition) is 1. The van der Waals surface area contributed by atoms with Gasteiger partial charge in [-0.3, -0.25) is 9.59 Å². The number of hydrogen-bond acceptors (Lipinski definition) is 3. The first-order chi connectivity index (χ1) is 9.10. The topological polar surface area (TPSA) is 66.6 Å². The zero-order valence-corrected chi connectivity index (χ0v) is 11.8. The van der Waals surface area contributed by atoms with Crippen molar-refractivity contribution in [2.75, 3.05) is 32.7 Å². The molecule has 2 N–H and O–H groups in total. The third-order valence-electron chi connectivity index (χ3n) is 4.58. The second kappa shape index (κ2) is 6.37. The minimum absolute atomic E-state index is 0.0924. The molecule has 0 aliphatic carbocycles. The molecule has 2 aliphatic rings. The van der Waals surface area contributed by atoms with Crippen LogP contribution < -0.4 is 5.73 Å². The lowest BCUT2D eigenvalue weighted by Gasteiger charge is -2.31. The molecule has 0 radical (unpaired) electrons. The first-order valence-electron chi connectivity index (χ1n) is 7.39. The maximum atomic E-state index is 11.8. The van der Waals surface area contributed by atoms with Crippen LogP contribution in [0.3, 0.4) is 0 Å². The number of carbonyl (C=O) groups excluding carboxylic acids is 2. The van der Waals surface area contributed by atoms with Gasteiger partial charge in [-0.1, -0.05) is 6.92 Å². The molecule has 2 fully saturated rings. The highest BCUT2D eigenvalue weighted by atomic mass is 16.2. The number of piperidine rings is 1. The normalized spacial score (nSPS) is 26.1. The molecule has 1 atom stereocenters. The van der Waals surface area contributed by atoms with Crippen LogP contribution in [0.4, 0.5) is 0 Å². The van der Waals surface area contributed by atoms with Gasteiger partial charge in [0, 0.05) is 19.5 Å². The van der Waals surface area contributed by atoms with Crippen LogP contribution in [-0.4, -0.2) is 54.3 Å². The lowest BCUT2D eigenvalue weighted by atomic mass is 9.93. The Bertz CT molecular complexity index is 338. The monoisotopic (exact) mass is 267 g/mol. The summed E-state index contributed by atoms with van der Waals surface area (Å²) in [5.74, 6) is 0.208. The van der Waals surface area contributed by atoms with E-state index in [-0.39, 0.29) is 17.7 Å². The molecule has 19 heavy (non-hydrogen) atoms. The molecule has 0 aromatic heterocycles. The van der Waals surface area contributed by atoms with Crippen molar-refractivity contribution in [2.24, 2.45) is 17.6 Å². The Kier molecular flexibility index (Phi) is 4.80. The van der Waals surface area contributed by atoms with E-state index in [1.807, 2.05) is 4.90 Å². The van der Waals surface area contributed by atoms with Gasteiger partial charge in [-0.05, 0) is 44.8 Å². The summed E-state index contributed by atoms with van der Waals surface area (Å²) in [6.07, 6.45) is 3.84. The van der Waals surface area contributed by atoms with E-state index in [4.69, 9.17) is 5.73 Å². The van der Waals surface area contributed by atoms with Gasteiger partial charge in [-0.2, -0.15) is 0 Å². The van der Waals surface area contributed by atoms with Crippen molar-refractivity contribution in [1.82, 2.24) is 9.80 Å². The van der Waals surface area contributed by atoms with E-state index in [1.165, 1.54) is 25.9 Å². The first-order valence-corrected chi connectivity index (χ1v) is 7.39. The molecular weight excluding hydrogens is 242 g/mol. The third-order valence-corrected chi connectivity index (χ3v) is 4.58. The Morgan fingerprint density at radius 1 is 1.37 bits per heavy atom. The maximum absolute atomic E-state index is 11.8. The lowest BCUT2D eigenvalue weighted by molar-refractivity contribution is -0.128. The number of primary amides is 1. The van der Waals surface area contributed by atoms with E-state index in [1.54, 1.807) is 0 Å². The molecule has 0 saturated carbocycles. The van der Waals surface area contributed by atoms with E-state index >= 15 is 0 Å². The summed E-state index contributed by atoms with van der Waals surface area (Å²) in [6.45, 7) is 7.02. The van der Waals surface area contributed by atoms with Gasteiger partial charge in [-0.15, -0.1) is 0 Å². The van der Waals surface area contributed by atoms with Crippen molar-refractivity contribution >= 4 is 11.8 Å². The van der Waals surface area contributed by atoms with Crippen LogP contribution in [0.2, 0.25) is 0 Å². The predicted octanol–water partition coefficient (Wildman–Crippen LogP) is 0.442. The molecular formula is C14H25N3O2. The number of carbonyl (C=O) groups is 2. The van der Waals surface area contributed by atoms with Gasteiger partial charge >= 0.3 is 0 Å². The van der Waals surface area contributed by atoms with Gasteiger partial charge in [-0.25, -0.2) is 0 Å². The van der Waals surface area contributed by atoms with Gasteiger partial charge in [0.2, 0.25) is 11.8 Å². The zero-order chi connectivity index (χ0) is 13.8. The molecule has 5 heteroatoms. The van der Waals surface area contributed by atoms with Gasteiger partial charge in [0.05, 0.1) is 5.92 Å². The molecule has 2 aliphatic heterocycles. The average Bonchev–Trinajstić information content (AvgIpc) is 2.79. The van der Waals surface area contributed by atoms with Crippen molar-refractivity contribution in [1.29, 1.82) is 0 Å². The standard InChI is InChI=1S/C14H25N3O2/c1-2-16-6-3-11(4-7-16)5-8-17-10-12(14(15)19)9-13(17)18/h11-12H,2-10H2,1H3,(H2,15,19). The van der Waals surface area contributed by atoms with Crippen LogP contribution in [-0.2, 0) is 9.59 Å². The van der Waals surface area contributed by atoms with Crippen molar-refractivity contribution in [3.63, 3.8) is 0 Å². The fourth-order valence-electron chi connectivity index (χ4n) is 3.11. The summed E-state index contributed by atoms with van der Waals surface area (Å²) < 4.78 is 0. The van der Waals surface area contributed by atoms with Crippen molar-refractivity contribution in [2.45, 2.75) is 32.6 Å². The van der Waals surface area contributed by atoms with Crippen molar-refractivity contribution in [3.8, 4) is 0 Å². The van der Waals surface area contributed by atoms with Gasteiger partial charge in [0.15, 0.2) is 0 Å². The summed E-state index contributed by atoms with van der Waals surface area (Å²) in [6, 6.07) is 0. The Morgan fingerprint density at radius 2 is 2.05 bits per heavy atom. The molecule has 2 rings (SSSR count). The Balaban J connectivity index is 1.71. The molecule has 5 nitrogen and oxygen atoms in total. The minimum Gasteiger partial charge on any atom is -0.369 e. The number of amides is 2. The van der Waals surface area contributed by atoms with Gasteiger partial charge < -0.3 is 15.5 Å². The van der Waals surface area contributed by atoms with Crippen LogP contribution >= 0.6 is 0 Å². The predicted molar refractivity (Wildman–Crippen MR) is 73.3 cm³/mol. The van der Waals surface area contributed by atoms with E-state index < -0.39 is 0 Å². The molecule has 2 saturated heterocycles. The summed E-state index contributed by atoms with van der Waals surface area (Å²) in [5, 5.41) is 0. The second-order valence-electron chi connectivity index (χ2n) is 5.81. The quantitative estimate of drug-likeness (QED) is 0.786. The van der Waals surface area contributed by atoms with E-state index in [0.29, 0.717) is 13.0 Å². The largest absolute Gasteiger partial charge is 0.369 e. The number of nitrogens with two attached hydrogens (primary N) is 1. The van der Waals surface area contributed by atoms with Gasteiger partial charge in [0.1, 0.15) is 0 Å². The first kappa shape index (κ1) is 14.3. The molecule has 2 heterocycles. The number of likely N-dealkylation sites (tertiary alicyclic amines) is 2. The summed E-state index contributed by atoms with van der Waals surface area (Å²) >= 11 is 0. The van der Waals surface area contributed by atoms with E-state index in [2.05, 4.69) is 11.8 Å².